The van der Waals surface area contributed by atoms with Gasteiger partial charge in [-0.2, -0.15) is 0 Å². The number of rotatable bonds is 4. The van der Waals surface area contributed by atoms with Gasteiger partial charge in [0, 0.05) is 22.7 Å². The van der Waals surface area contributed by atoms with Crippen LogP contribution in [0.1, 0.15) is 33.2 Å². The van der Waals surface area contributed by atoms with Crippen molar-refractivity contribution in [3.8, 4) is 5.75 Å². The van der Waals surface area contributed by atoms with Crippen molar-refractivity contribution < 1.29 is 23.9 Å². The number of fused-ring (bicyclic) bond motifs is 2. The fourth-order valence-electron chi connectivity index (χ4n) is 3.26. The Balaban J connectivity index is 1.53. The molecule has 4 rings (SSSR count). The van der Waals surface area contributed by atoms with E-state index in [2.05, 4.69) is 10.3 Å². The van der Waals surface area contributed by atoms with Crippen LogP contribution in [0.25, 0.3) is 10.9 Å². The Kier molecular flexibility index (Phi) is 4.35. The van der Waals surface area contributed by atoms with Crippen molar-refractivity contribution in [2.45, 2.75) is 20.0 Å². The highest BCUT2D eigenvalue weighted by molar-refractivity contribution is 6.10. The first kappa shape index (κ1) is 17.8. The molecule has 142 valence electrons. The van der Waals surface area contributed by atoms with Gasteiger partial charge in [-0.25, -0.2) is 4.79 Å². The molecule has 1 unspecified atom stereocenters. The number of esters is 1. The Morgan fingerprint density at radius 2 is 1.93 bits per heavy atom. The number of hydrogen-bond acceptors (Lipinski definition) is 5. The van der Waals surface area contributed by atoms with Gasteiger partial charge in [0.2, 0.25) is 5.78 Å². The molecule has 0 aliphatic carbocycles. The molecule has 1 aromatic heterocycles. The van der Waals surface area contributed by atoms with Crippen molar-refractivity contribution in [3.63, 3.8) is 0 Å². The maximum atomic E-state index is 12.6. The molecule has 0 spiro atoms. The maximum Gasteiger partial charge on any atom is 0.342 e. The Morgan fingerprint density at radius 1 is 1.14 bits per heavy atom. The number of amides is 1. The lowest BCUT2D eigenvalue weighted by molar-refractivity contribution is -0.122. The highest BCUT2D eigenvalue weighted by atomic mass is 16.5. The second kappa shape index (κ2) is 6.84. The number of nitrogens with one attached hydrogen (secondary N) is 2. The predicted molar refractivity (Wildman–Crippen MR) is 103 cm³/mol. The van der Waals surface area contributed by atoms with Crippen LogP contribution >= 0.6 is 0 Å². The van der Waals surface area contributed by atoms with E-state index in [4.69, 9.17) is 9.47 Å². The van der Waals surface area contributed by atoms with Crippen LogP contribution in [-0.4, -0.2) is 35.4 Å². The van der Waals surface area contributed by atoms with E-state index in [9.17, 15) is 14.4 Å². The zero-order valence-electron chi connectivity index (χ0n) is 15.4. The van der Waals surface area contributed by atoms with Gasteiger partial charge in [0.05, 0.1) is 5.69 Å². The number of ketones is 1. The van der Waals surface area contributed by atoms with E-state index >= 15 is 0 Å². The van der Waals surface area contributed by atoms with Crippen LogP contribution in [0.4, 0.5) is 5.69 Å². The van der Waals surface area contributed by atoms with Crippen LogP contribution in [0, 0.1) is 6.92 Å². The number of carbonyl (C=O) groups excluding carboxylic acids is 3. The fraction of sp³-hybridized carbons (Fsp3) is 0.190. The minimum absolute atomic E-state index is 0.159. The summed E-state index contributed by atoms with van der Waals surface area (Å²) in [5.74, 6) is -1.04. The molecule has 0 saturated carbocycles. The largest absolute Gasteiger partial charge is 0.478 e. The number of carbonyl (C=O) groups is 3. The van der Waals surface area contributed by atoms with Crippen molar-refractivity contribution in [2.75, 3.05) is 11.9 Å². The summed E-state index contributed by atoms with van der Waals surface area (Å²) in [5.41, 5.74) is 2.85. The summed E-state index contributed by atoms with van der Waals surface area (Å²) >= 11 is 0. The molecule has 0 radical (unpaired) electrons. The Bertz CT molecular complexity index is 1120. The number of aromatic amines is 1. The van der Waals surface area contributed by atoms with E-state index < -0.39 is 18.7 Å². The molecule has 1 aliphatic heterocycles. The Labute approximate surface area is 160 Å². The third kappa shape index (κ3) is 3.00. The summed E-state index contributed by atoms with van der Waals surface area (Å²) in [6.07, 6.45) is 0.899. The Hall–Kier alpha value is -3.61. The van der Waals surface area contributed by atoms with E-state index in [0.717, 1.165) is 16.5 Å². The number of anilines is 1. The summed E-state index contributed by atoms with van der Waals surface area (Å²) in [5, 5.41) is 3.50. The zero-order chi connectivity index (χ0) is 19.8. The number of H-pyrrole nitrogens is 1. The second-order valence-electron chi connectivity index (χ2n) is 6.63. The van der Waals surface area contributed by atoms with Gasteiger partial charge in [0.15, 0.2) is 18.5 Å². The van der Waals surface area contributed by atoms with Gasteiger partial charge in [0.1, 0.15) is 5.56 Å². The third-order valence-electron chi connectivity index (χ3n) is 4.71. The van der Waals surface area contributed by atoms with Crippen LogP contribution in [0.2, 0.25) is 0 Å². The first-order chi connectivity index (χ1) is 13.5. The first-order valence-electron chi connectivity index (χ1n) is 8.83. The lowest BCUT2D eigenvalue weighted by atomic mass is 10.1. The van der Waals surface area contributed by atoms with Gasteiger partial charge in [-0.15, -0.1) is 0 Å². The van der Waals surface area contributed by atoms with E-state index in [1.807, 2.05) is 25.1 Å². The number of aromatic nitrogens is 1. The minimum Gasteiger partial charge on any atom is -0.478 e. The molecule has 7 nitrogen and oxygen atoms in total. The molecular formula is C21H18N2O5. The molecule has 28 heavy (non-hydrogen) atoms. The van der Waals surface area contributed by atoms with Crippen LogP contribution in [-0.2, 0) is 9.53 Å². The summed E-state index contributed by atoms with van der Waals surface area (Å²) in [4.78, 5) is 39.9. The summed E-state index contributed by atoms with van der Waals surface area (Å²) in [7, 11) is 0. The Morgan fingerprint density at radius 3 is 2.75 bits per heavy atom. The summed E-state index contributed by atoms with van der Waals surface area (Å²) < 4.78 is 10.8. The lowest BCUT2D eigenvalue weighted by Gasteiger charge is -2.24. The van der Waals surface area contributed by atoms with Crippen LogP contribution in [0.5, 0.6) is 5.75 Å². The average molecular weight is 378 g/mol. The smallest absolute Gasteiger partial charge is 0.342 e. The molecule has 0 bridgehead atoms. The lowest BCUT2D eigenvalue weighted by Crippen LogP contribution is -2.35. The molecule has 2 aromatic carbocycles. The van der Waals surface area contributed by atoms with Gasteiger partial charge in [-0.3, -0.25) is 9.59 Å². The number of benzene rings is 2. The van der Waals surface area contributed by atoms with Crippen molar-refractivity contribution >= 4 is 34.3 Å². The van der Waals surface area contributed by atoms with Gasteiger partial charge in [-0.1, -0.05) is 18.2 Å². The van der Waals surface area contributed by atoms with Gasteiger partial charge < -0.3 is 19.8 Å². The number of Topliss-reactive ketones (excluding diaryl/α,β-unsaturated/α-hetero) is 1. The standard InChI is InChI=1S/C21H18N2O5/c1-11-5-3-7-15-18(11)14(9-22-15)17(24)10-27-21(26)13-6-4-8-16-19(13)28-12(2)20(25)23-16/h3-9,12,22H,10H2,1-2H3,(H,23,25). The first-order valence-corrected chi connectivity index (χ1v) is 8.83. The molecule has 1 atom stereocenters. The van der Waals surface area contributed by atoms with Crippen LogP contribution in [0.15, 0.2) is 42.6 Å². The molecule has 2 heterocycles. The highest BCUT2D eigenvalue weighted by Gasteiger charge is 2.28. The minimum atomic E-state index is -0.725. The quantitative estimate of drug-likeness (QED) is 0.537. The zero-order valence-corrected chi connectivity index (χ0v) is 15.4. The van der Waals surface area contributed by atoms with Gasteiger partial charge >= 0.3 is 5.97 Å². The average Bonchev–Trinajstić information content (AvgIpc) is 3.12. The summed E-state index contributed by atoms with van der Waals surface area (Å²) in [6, 6.07) is 10.5. The van der Waals surface area contributed by atoms with E-state index in [1.165, 1.54) is 6.07 Å². The molecular weight excluding hydrogens is 360 g/mol. The van der Waals surface area contributed by atoms with Gasteiger partial charge in [0.25, 0.3) is 5.91 Å². The van der Waals surface area contributed by atoms with Crippen molar-refractivity contribution in [1.82, 2.24) is 4.98 Å². The fourth-order valence-corrected chi connectivity index (χ4v) is 3.26. The molecule has 0 fully saturated rings. The number of para-hydroxylation sites is 1. The van der Waals surface area contributed by atoms with Crippen LogP contribution < -0.4 is 10.1 Å². The normalized spacial score (nSPS) is 15.5. The number of aryl methyl sites for hydroxylation is 1. The van der Waals surface area contributed by atoms with E-state index in [-0.39, 0.29) is 23.0 Å². The summed E-state index contributed by atoms with van der Waals surface area (Å²) in [6.45, 7) is 3.11. The maximum absolute atomic E-state index is 12.6. The topological polar surface area (TPSA) is 97.5 Å². The van der Waals surface area contributed by atoms with E-state index in [0.29, 0.717) is 11.3 Å². The second-order valence-corrected chi connectivity index (χ2v) is 6.63. The predicted octanol–water partition coefficient (Wildman–Crippen LogP) is 3.24. The molecule has 1 aliphatic rings. The van der Waals surface area contributed by atoms with E-state index in [1.54, 1.807) is 25.3 Å². The molecule has 0 saturated heterocycles. The van der Waals surface area contributed by atoms with Gasteiger partial charge in [-0.05, 0) is 37.6 Å². The van der Waals surface area contributed by atoms with Crippen molar-refractivity contribution in [2.24, 2.45) is 0 Å². The number of hydrogen-bond donors (Lipinski definition) is 2. The molecule has 2 N–H and O–H groups in total. The SMILES string of the molecule is Cc1cccc2[nH]cc(C(=O)COC(=O)c3cccc4c3OC(C)C(=O)N4)c12. The monoisotopic (exact) mass is 378 g/mol. The molecule has 7 heteroatoms. The van der Waals surface area contributed by atoms with Crippen molar-refractivity contribution in [3.05, 3.63) is 59.3 Å². The highest BCUT2D eigenvalue weighted by Crippen LogP contribution is 2.33. The van der Waals surface area contributed by atoms with Crippen LogP contribution in [0.3, 0.4) is 0 Å². The molecule has 1 amide bonds. The third-order valence-corrected chi connectivity index (χ3v) is 4.71. The van der Waals surface area contributed by atoms with Crippen molar-refractivity contribution in [1.29, 1.82) is 0 Å². The number of ether oxygens (including phenoxy) is 2. The molecule has 3 aromatic rings.